The zero-order chi connectivity index (χ0) is 9.19. The van der Waals surface area contributed by atoms with Gasteiger partial charge in [-0.05, 0) is 6.42 Å². The molecule has 1 unspecified atom stereocenters. The van der Waals surface area contributed by atoms with Gasteiger partial charge >= 0.3 is 12.0 Å². The van der Waals surface area contributed by atoms with Crippen molar-refractivity contribution in [3.8, 4) is 0 Å². The van der Waals surface area contributed by atoms with Gasteiger partial charge in [0.2, 0.25) is 0 Å². The van der Waals surface area contributed by atoms with Crippen LogP contribution in [-0.2, 0) is 4.79 Å². The van der Waals surface area contributed by atoms with Gasteiger partial charge in [0, 0.05) is 0 Å². The van der Waals surface area contributed by atoms with Crippen LogP contribution < -0.4 is 10.6 Å². The summed E-state index contributed by atoms with van der Waals surface area (Å²) in [5, 5.41) is 13.7. The van der Waals surface area contributed by atoms with Crippen LogP contribution in [-0.4, -0.2) is 29.2 Å². The third kappa shape index (κ3) is 1.34. The third-order valence-electron chi connectivity index (χ3n) is 1.99. The van der Waals surface area contributed by atoms with E-state index in [1.165, 1.54) is 0 Å². The number of nitrogens with one attached hydrogen (secondary N) is 2. The summed E-state index contributed by atoms with van der Waals surface area (Å²) in [6, 6.07) is -0.397. The quantitative estimate of drug-likeness (QED) is 0.557. The summed E-state index contributed by atoms with van der Waals surface area (Å²) in [6.45, 7) is 2.06. The largest absolute Gasteiger partial charge is 0.479 e. The van der Waals surface area contributed by atoms with E-state index in [0.717, 1.165) is 6.42 Å². The van der Waals surface area contributed by atoms with Gasteiger partial charge in [0.1, 0.15) is 0 Å². The lowest BCUT2D eigenvalue weighted by molar-refractivity contribution is -0.143. The van der Waals surface area contributed by atoms with Crippen molar-refractivity contribution in [3.63, 3.8) is 0 Å². The number of urea groups is 1. The molecule has 1 atom stereocenters. The zero-order valence-electron chi connectivity index (χ0n) is 6.89. The van der Waals surface area contributed by atoms with E-state index in [9.17, 15) is 9.59 Å². The average Bonchev–Trinajstić information content (AvgIpc) is 2.34. The molecule has 0 radical (unpaired) electrons. The van der Waals surface area contributed by atoms with Crippen LogP contribution >= 0.6 is 0 Å². The fourth-order valence-electron chi connectivity index (χ4n) is 1.35. The molecule has 68 valence electrons. The van der Waals surface area contributed by atoms with Gasteiger partial charge in [-0.25, -0.2) is 9.59 Å². The van der Waals surface area contributed by atoms with Crippen LogP contribution in [0, 0.1) is 0 Å². The predicted molar refractivity (Wildman–Crippen MR) is 41.8 cm³/mol. The van der Waals surface area contributed by atoms with Crippen molar-refractivity contribution in [2.24, 2.45) is 0 Å². The monoisotopic (exact) mass is 172 g/mol. The fourth-order valence-corrected chi connectivity index (χ4v) is 1.35. The van der Waals surface area contributed by atoms with E-state index in [-0.39, 0.29) is 6.54 Å². The van der Waals surface area contributed by atoms with E-state index in [1.54, 1.807) is 0 Å². The number of aliphatic carboxylic acids is 1. The van der Waals surface area contributed by atoms with E-state index in [4.69, 9.17) is 5.11 Å². The molecule has 0 aromatic carbocycles. The SMILES string of the molecule is CCCC1(C(=O)O)CNC(=O)N1. The Morgan fingerprint density at radius 3 is 2.75 bits per heavy atom. The Bertz CT molecular complexity index is 217. The van der Waals surface area contributed by atoms with Crippen molar-refractivity contribution in [2.75, 3.05) is 6.54 Å². The van der Waals surface area contributed by atoms with Gasteiger partial charge in [0.05, 0.1) is 6.54 Å². The highest BCUT2D eigenvalue weighted by atomic mass is 16.4. The molecule has 1 rings (SSSR count). The van der Waals surface area contributed by atoms with Gasteiger partial charge in [0.25, 0.3) is 0 Å². The Hall–Kier alpha value is -1.26. The predicted octanol–water partition coefficient (Wildman–Crippen LogP) is -0.0773. The Labute approximate surface area is 70.1 Å². The molecular formula is C7H12N2O3. The number of hydrogen-bond acceptors (Lipinski definition) is 2. The number of rotatable bonds is 3. The van der Waals surface area contributed by atoms with Gasteiger partial charge in [-0.15, -0.1) is 0 Å². The summed E-state index contributed by atoms with van der Waals surface area (Å²) in [6.07, 6.45) is 1.19. The molecule has 2 amide bonds. The van der Waals surface area contributed by atoms with Crippen LogP contribution in [0.4, 0.5) is 4.79 Å². The number of amides is 2. The van der Waals surface area contributed by atoms with Crippen LogP contribution in [0.1, 0.15) is 19.8 Å². The number of carboxylic acid groups (broad SMARTS) is 1. The summed E-state index contributed by atoms with van der Waals surface area (Å²) < 4.78 is 0. The minimum atomic E-state index is -1.08. The molecule has 1 aliphatic rings. The molecule has 1 aliphatic heterocycles. The van der Waals surface area contributed by atoms with Gasteiger partial charge < -0.3 is 15.7 Å². The van der Waals surface area contributed by atoms with E-state index in [1.807, 2.05) is 6.92 Å². The molecule has 3 N–H and O–H groups in total. The molecule has 0 saturated carbocycles. The number of carbonyl (C=O) groups is 2. The molecule has 0 aromatic rings. The van der Waals surface area contributed by atoms with E-state index in [2.05, 4.69) is 10.6 Å². The highest BCUT2D eigenvalue weighted by Gasteiger charge is 2.43. The molecule has 0 aliphatic carbocycles. The highest BCUT2D eigenvalue weighted by molar-refractivity contribution is 5.90. The first-order valence-electron chi connectivity index (χ1n) is 3.90. The molecule has 12 heavy (non-hydrogen) atoms. The van der Waals surface area contributed by atoms with E-state index >= 15 is 0 Å². The summed E-state index contributed by atoms with van der Waals surface area (Å²) in [7, 11) is 0. The minimum absolute atomic E-state index is 0.176. The second-order valence-corrected chi connectivity index (χ2v) is 2.94. The maximum absolute atomic E-state index is 10.8. The smallest absolute Gasteiger partial charge is 0.331 e. The van der Waals surface area contributed by atoms with Crippen LogP contribution in [0.25, 0.3) is 0 Å². The van der Waals surface area contributed by atoms with Crippen molar-refractivity contribution in [3.05, 3.63) is 0 Å². The summed E-state index contributed by atoms with van der Waals surface area (Å²) >= 11 is 0. The normalized spacial score (nSPS) is 27.9. The molecule has 0 aromatic heterocycles. The van der Waals surface area contributed by atoms with Crippen LogP contribution in [0.5, 0.6) is 0 Å². The first kappa shape index (κ1) is 8.83. The van der Waals surface area contributed by atoms with Crippen molar-refractivity contribution in [2.45, 2.75) is 25.3 Å². The number of carbonyl (C=O) groups excluding carboxylic acids is 1. The summed E-state index contributed by atoms with van der Waals surface area (Å²) in [4.78, 5) is 21.6. The standard InChI is InChI=1S/C7H12N2O3/c1-2-3-7(5(10)11)4-8-6(12)9-7/h2-4H2,1H3,(H,10,11)(H2,8,9,12). The second kappa shape index (κ2) is 3.00. The first-order valence-corrected chi connectivity index (χ1v) is 3.90. The molecule has 5 nitrogen and oxygen atoms in total. The van der Waals surface area contributed by atoms with Crippen molar-refractivity contribution in [1.82, 2.24) is 10.6 Å². The molecule has 0 spiro atoms. The van der Waals surface area contributed by atoms with Gasteiger partial charge in [-0.2, -0.15) is 0 Å². The van der Waals surface area contributed by atoms with Crippen LogP contribution in [0.3, 0.4) is 0 Å². The molecule has 1 saturated heterocycles. The van der Waals surface area contributed by atoms with Crippen molar-refractivity contribution >= 4 is 12.0 Å². The minimum Gasteiger partial charge on any atom is -0.479 e. The maximum atomic E-state index is 10.8. The lowest BCUT2D eigenvalue weighted by Gasteiger charge is -2.21. The summed E-state index contributed by atoms with van der Waals surface area (Å²) in [5.74, 6) is -0.970. The Morgan fingerprint density at radius 2 is 2.42 bits per heavy atom. The number of hydrogen-bond donors (Lipinski definition) is 3. The first-order chi connectivity index (χ1) is 5.60. The number of carboxylic acids is 1. The zero-order valence-corrected chi connectivity index (χ0v) is 6.89. The summed E-state index contributed by atoms with van der Waals surface area (Å²) in [5.41, 5.74) is -1.08. The molecule has 5 heteroatoms. The molecular weight excluding hydrogens is 160 g/mol. The lowest BCUT2D eigenvalue weighted by Crippen LogP contribution is -2.50. The second-order valence-electron chi connectivity index (χ2n) is 2.94. The topological polar surface area (TPSA) is 78.4 Å². The van der Waals surface area contributed by atoms with Crippen molar-refractivity contribution in [1.29, 1.82) is 0 Å². The van der Waals surface area contributed by atoms with Gasteiger partial charge in [-0.3, -0.25) is 0 Å². The van der Waals surface area contributed by atoms with E-state index in [0.29, 0.717) is 6.42 Å². The van der Waals surface area contributed by atoms with Gasteiger partial charge in [-0.1, -0.05) is 13.3 Å². The lowest BCUT2D eigenvalue weighted by atomic mass is 9.95. The Balaban J connectivity index is 2.74. The fraction of sp³-hybridized carbons (Fsp3) is 0.714. The van der Waals surface area contributed by atoms with Gasteiger partial charge in [0.15, 0.2) is 5.54 Å². The molecule has 1 heterocycles. The molecule has 1 fully saturated rings. The maximum Gasteiger partial charge on any atom is 0.331 e. The molecule has 0 bridgehead atoms. The Kier molecular flexibility index (Phi) is 2.21. The van der Waals surface area contributed by atoms with Crippen LogP contribution in [0.2, 0.25) is 0 Å². The Morgan fingerprint density at radius 1 is 1.75 bits per heavy atom. The van der Waals surface area contributed by atoms with Crippen LogP contribution in [0.15, 0.2) is 0 Å². The van der Waals surface area contributed by atoms with E-state index < -0.39 is 17.5 Å². The average molecular weight is 172 g/mol. The van der Waals surface area contributed by atoms with Crippen molar-refractivity contribution < 1.29 is 14.7 Å². The highest BCUT2D eigenvalue weighted by Crippen LogP contribution is 2.15. The third-order valence-corrected chi connectivity index (χ3v) is 1.99.